The Morgan fingerprint density at radius 3 is 2.63 bits per heavy atom. The average molecular weight is 523 g/mol. The number of aromatic nitrogens is 3. The number of carbonyl (C=O) groups excluding carboxylic acids is 2. The van der Waals surface area contributed by atoms with E-state index >= 15 is 0 Å². The summed E-state index contributed by atoms with van der Waals surface area (Å²) in [5.41, 5.74) is -0.763. The van der Waals surface area contributed by atoms with Crippen LogP contribution < -0.4 is 10.6 Å². The molecule has 3 aromatic rings. The summed E-state index contributed by atoms with van der Waals surface area (Å²) < 4.78 is 33.0. The maximum absolute atomic E-state index is 14.2. The van der Waals surface area contributed by atoms with Crippen molar-refractivity contribution in [2.24, 2.45) is 11.8 Å². The predicted octanol–water partition coefficient (Wildman–Crippen LogP) is 3.05. The van der Waals surface area contributed by atoms with E-state index in [2.05, 4.69) is 30.7 Å². The fraction of sp³-hybridized carbons (Fsp3) is 0.444. The highest BCUT2D eigenvalue weighted by molar-refractivity contribution is 5.94. The second kappa shape index (κ2) is 9.86. The molecule has 1 aliphatic heterocycles. The van der Waals surface area contributed by atoms with Gasteiger partial charge in [-0.25, -0.2) is 18.7 Å². The molecular formula is C27H28F2N6O3. The minimum Gasteiger partial charge on any atom is -0.355 e. The van der Waals surface area contributed by atoms with E-state index in [1.165, 1.54) is 31.0 Å². The van der Waals surface area contributed by atoms with E-state index < -0.39 is 35.0 Å². The van der Waals surface area contributed by atoms with Gasteiger partial charge in [-0.15, -0.1) is 0 Å². The van der Waals surface area contributed by atoms with Crippen molar-refractivity contribution in [2.75, 3.05) is 19.6 Å². The highest BCUT2D eigenvalue weighted by Crippen LogP contribution is 2.44. The summed E-state index contributed by atoms with van der Waals surface area (Å²) in [7, 11) is 0. The number of benzene rings is 1. The first-order valence-electron chi connectivity index (χ1n) is 13.0. The molecule has 3 aliphatic rings. The van der Waals surface area contributed by atoms with Crippen molar-refractivity contribution in [3.63, 3.8) is 0 Å². The lowest BCUT2D eigenvalue weighted by Crippen LogP contribution is -2.57. The van der Waals surface area contributed by atoms with Crippen LogP contribution in [0.2, 0.25) is 0 Å². The van der Waals surface area contributed by atoms with Crippen LogP contribution in [0.25, 0.3) is 11.3 Å². The topological polar surface area (TPSA) is 113 Å². The third-order valence-electron chi connectivity index (χ3n) is 7.63. The number of hydrogen-bond acceptors (Lipinski definition) is 7. The van der Waals surface area contributed by atoms with Gasteiger partial charge in [0.1, 0.15) is 0 Å². The summed E-state index contributed by atoms with van der Waals surface area (Å²) >= 11 is 0. The molecule has 2 atom stereocenters. The van der Waals surface area contributed by atoms with Crippen LogP contribution in [-0.4, -0.2) is 57.5 Å². The SMILES string of the molecule is O=C(N[C@@H]1CCN(CC2CC2)C[C@H]1C(=O)NC1(c2ncccn2)CC1)c1cc(-c2cccc(F)c2F)on1. The lowest BCUT2D eigenvalue weighted by molar-refractivity contribution is -0.128. The molecule has 6 rings (SSSR count). The number of rotatable bonds is 8. The van der Waals surface area contributed by atoms with Crippen LogP contribution in [0.15, 0.2) is 47.2 Å². The van der Waals surface area contributed by atoms with Gasteiger partial charge in [0.15, 0.2) is 28.9 Å². The van der Waals surface area contributed by atoms with Crippen LogP contribution in [0.3, 0.4) is 0 Å². The molecule has 1 saturated heterocycles. The first-order valence-corrected chi connectivity index (χ1v) is 13.0. The average Bonchev–Trinajstić information content (AvgIpc) is 3.85. The van der Waals surface area contributed by atoms with Gasteiger partial charge < -0.3 is 20.1 Å². The van der Waals surface area contributed by atoms with E-state index in [0.717, 1.165) is 32.0 Å². The van der Waals surface area contributed by atoms with Crippen molar-refractivity contribution in [3.05, 3.63) is 65.9 Å². The molecule has 3 heterocycles. The summed E-state index contributed by atoms with van der Waals surface area (Å²) in [5, 5.41) is 9.88. The summed E-state index contributed by atoms with van der Waals surface area (Å²) in [6.45, 7) is 2.23. The fourth-order valence-corrected chi connectivity index (χ4v) is 5.14. The Labute approximate surface area is 218 Å². The third kappa shape index (κ3) is 5.02. The van der Waals surface area contributed by atoms with Crippen LogP contribution in [0.4, 0.5) is 8.78 Å². The summed E-state index contributed by atoms with van der Waals surface area (Å²) in [6.07, 6.45) is 7.86. The lowest BCUT2D eigenvalue weighted by Gasteiger charge is -2.38. The van der Waals surface area contributed by atoms with Crippen molar-refractivity contribution in [2.45, 2.75) is 43.7 Å². The second-order valence-corrected chi connectivity index (χ2v) is 10.5. The molecule has 2 amide bonds. The Bertz CT molecular complexity index is 1340. The number of amides is 2. The van der Waals surface area contributed by atoms with Gasteiger partial charge in [-0.05, 0) is 56.2 Å². The minimum absolute atomic E-state index is 0.0563. The first-order chi connectivity index (χ1) is 18.4. The van der Waals surface area contributed by atoms with E-state index in [9.17, 15) is 18.4 Å². The van der Waals surface area contributed by atoms with Crippen LogP contribution in [-0.2, 0) is 10.3 Å². The molecule has 0 spiro atoms. The lowest BCUT2D eigenvalue weighted by atomic mass is 9.90. The third-order valence-corrected chi connectivity index (χ3v) is 7.63. The normalized spacial score (nSPS) is 22.6. The van der Waals surface area contributed by atoms with Gasteiger partial charge in [-0.1, -0.05) is 11.2 Å². The molecule has 0 bridgehead atoms. The van der Waals surface area contributed by atoms with Crippen LogP contribution in [0.1, 0.15) is 48.4 Å². The Morgan fingerprint density at radius 2 is 1.89 bits per heavy atom. The zero-order chi connectivity index (χ0) is 26.3. The highest BCUT2D eigenvalue weighted by atomic mass is 19.2. The molecule has 1 aromatic carbocycles. The Morgan fingerprint density at radius 1 is 1.11 bits per heavy atom. The summed E-state index contributed by atoms with van der Waals surface area (Å²) in [4.78, 5) is 37.7. The quantitative estimate of drug-likeness (QED) is 0.468. The Balaban J connectivity index is 1.18. The van der Waals surface area contributed by atoms with Crippen molar-refractivity contribution in [1.29, 1.82) is 0 Å². The maximum atomic E-state index is 14.2. The van der Waals surface area contributed by atoms with Crippen molar-refractivity contribution in [1.82, 2.24) is 30.7 Å². The monoisotopic (exact) mass is 522 g/mol. The zero-order valence-corrected chi connectivity index (χ0v) is 20.7. The molecule has 2 saturated carbocycles. The number of hydrogen-bond donors (Lipinski definition) is 2. The van der Waals surface area contributed by atoms with Gasteiger partial charge in [0.05, 0.1) is 17.0 Å². The molecule has 2 N–H and O–H groups in total. The number of piperidine rings is 1. The molecule has 9 nitrogen and oxygen atoms in total. The van der Waals surface area contributed by atoms with E-state index in [1.807, 2.05) is 0 Å². The standard InChI is InChI=1S/C27H28F2N6O3/c28-19-4-1-3-17(23(19)29)22-13-21(34-38-22)25(37)32-20-7-12-35(14-16-5-6-16)15-18(20)24(36)33-27(8-9-27)26-30-10-2-11-31-26/h1-4,10-11,13,16,18,20H,5-9,12,14-15H2,(H,32,37)(H,33,36)/t18-,20-/m1/s1. The number of nitrogens with zero attached hydrogens (tertiary/aromatic N) is 4. The fourth-order valence-electron chi connectivity index (χ4n) is 5.14. The molecule has 198 valence electrons. The summed E-state index contributed by atoms with van der Waals surface area (Å²) in [6, 6.07) is 6.27. The predicted molar refractivity (Wildman–Crippen MR) is 131 cm³/mol. The van der Waals surface area contributed by atoms with Crippen molar-refractivity contribution >= 4 is 11.8 Å². The highest BCUT2D eigenvalue weighted by Gasteiger charge is 2.50. The molecule has 0 unspecified atom stereocenters. The van der Waals surface area contributed by atoms with Crippen molar-refractivity contribution < 1.29 is 22.9 Å². The Hall–Kier alpha value is -3.73. The van der Waals surface area contributed by atoms with E-state index in [-0.39, 0.29) is 22.9 Å². The second-order valence-electron chi connectivity index (χ2n) is 10.5. The molecule has 11 heteroatoms. The smallest absolute Gasteiger partial charge is 0.273 e. The Kier molecular flexibility index (Phi) is 6.38. The molecule has 2 aromatic heterocycles. The molecule has 38 heavy (non-hydrogen) atoms. The van der Waals surface area contributed by atoms with Gasteiger partial charge in [0, 0.05) is 44.1 Å². The number of carbonyl (C=O) groups is 2. The van der Waals surface area contributed by atoms with Gasteiger partial charge in [-0.2, -0.15) is 0 Å². The number of halogens is 2. The first kappa shape index (κ1) is 24.6. The van der Waals surface area contributed by atoms with Crippen LogP contribution >= 0.6 is 0 Å². The van der Waals surface area contributed by atoms with E-state index in [1.54, 1.807) is 18.5 Å². The van der Waals surface area contributed by atoms with Crippen LogP contribution in [0.5, 0.6) is 0 Å². The molecule has 3 fully saturated rings. The minimum atomic E-state index is -1.08. The molecule has 2 aliphatic carbocycles. The number of nitrogens with one attached hydrogen (secondary N) is 2. The molecular weight excluding hydrogens is 494 g/mol. The van der Waals surface area contributed by atoms with Crippen molar-refractivity contribution in [3.8, 4) is 11.3 Å². The largest absolute Gasteiger partial charge is 0.355 e. The van der Waals surface area contributed by atoms with Gasteiger partial charge in [0.25, 0.3) is 5.91 Å². The molecule has 0 radical (unpaired) electrons. The van der Waals surface area contributed by atoms with Gasteiger partial charge in [0.2, 0.25) is 5.91 Å². The van der Waals surface area contributed by atoms with Crippen LogP contribution in [0, 0.1) is 23.5 Å². The van der Waals surface area contributed by atoms with Gasteiger partial charge >= 0.3 is 0 Å². The van der Waals surface area contributed by atoms with E-state index in [0.29, 0.717) is 24.7 Å². The zero-order valence-electron chi connectivity index (χ0n) is 20.7. The maximum Gasteiger partial charge on any atom is 0.273 e. The summed E-state index contributed by atoms with van der Waals surface area (Å²) in [5.74, 6) is -2.06. The van der Waals surface area contributed by atoms with Gasteiger partial charge in [-0.3, -0.25) is 9.59 Å². The van der Waals surface area contributed by atoms with E-state index in [4.69, 9.17) is 4.52 Å². The number of likely N-dealkylation sites (tertiary alicyclic amines) is 1.